The molecule has 0 radical (unpaired) electrons. The van der Waals surface area contributed by atoms with E-state index in [1.54, 1.807) is 0 Å². The highest BCUT2D eigenvalue weighted by atomic mass is 16.5. The van der Waals surface area contributed by atoms with Gasteiger partial charge in [-0.2, -0.15) is 0 Å². The quantitative estimate of drug-likeness (QED) is 0.136. The Morgan fingerprint density at radius 1 is 0.821 bits per heavy atom. The standard InChI is InChI=1S/C35H56N2O2/c1-6-8-9-10-11-12-13-14-15-16-17-20-26-39-33-23-22-30(27-32(33)35(3,4)5)28-34(38)36-29-31-21-18-19-25-37(31)24-7-2/h18-19,21-23,25,27H,6-17,20,24,26,28-29H2,1-5H3/p+1. The van der Waals surface area contributed by atoms with Gasteiger partial charge in [-0.1, -0.05) is 123 Å². The smallest absolute Gasteiger partial charge is 0.224 e. The van der Waals surface area contributed by atoms with Crippen LogP contribution in [0.15, 0.2) is 42.6 Å². The highest BCUT2D eigenvalue weighted by Crippen LogP contribution is 2.32. The molecule has 1 amide bonds. The van der Waals surface area contributed by atoms with Crippen molar-refractivity contribution >= 4 is 5.91 Å². The van der Waals surface area contributed by atoms with Gasteiger partial charge < -0.3 is 10.1 Å². The van der Waals surface area contributed by atoms with E-state index >= 15 is 0 Å². The lowest BCUT2D eigenvalue weighted by molar-refractivity contribution is -0.704. The maximum atomic E-state index is 12.8. The third-order valence-corrected chi connectivity index (χ3v) is 7.44. The number of hydrogen-bond acceptors (Lipinski definition) is 2. The summed E-state index contributed by atoms with van der Waals surface area (Å²) in [5.74, 6) is 1.01. The van der Waals surface area contributed by atoms with Crippen molar-refractivity contribution in [2.75, 3.05) is 6.61 Å². The van der Waals surface area contributed by atoms with Crippen molar-refractivity contribution in [1.82, 2.24) is 5.32 Å². The predicted octanol–water partition coefficient (Wildman–Crippen LogP) is 8.62. The van der Waals surface area contributed by atoms with E-state index in [0.717, 1.165) is 43.0 Å². The van der Waals surface area contributed by atoms with Crippen LogP contribution in [0.2, 0.25) is 0 Å². The number of aryl methyl sites for hydroxylation is 1. The predicted molar refractivity (Wildman–Crippen MR) is 164 cm³/mol. The van der Waals surface area contributed by atoms with Gasteiger partial charge in [-0.25, -0.2) is 4.57 Å². The first-order valence-electron chi connectivity index (χ1n) is 15.9. The third kappa shape index (κ3) is 13.5. The zero-order chi connectivity index (χ0) is 28.3. The van der Waals surface area contributed by atoms with Crippen LogP contribution < -0.4 is 14.6 Å². The molecule has 0 aliphatic carbocycles. The van der Waals surface area contributed by atoms with E-state index in [4.69, 9.17) is 4.74 Å². The number of carbonyl (C=O) groups is 1. The number of carbonyl (C=O) groups excluding carboxylic acids is 1. The molecule has 4 nitrogen and oxygen atoms in total. The van der Waals surface area contributed by atoms with Crippen LogP contribution in [0.3, 0.4) is 0 Å². The third-order valence-electron chi connectivity index (χ3n) is 7.44. The van der Waals surface area contributed by atoms with Crippen LogP contribution in [0.4, 0.5) is 0 Å². The summed E-state index contributed by atoms with van der Waals surface area (Å²) in [5.41, 5.74) is 3.29. The van der Waals surface area contributed by atoms with E-state index in [-0.39, 0.29) is 11.3 Å². The van der Waals surface area contributed by atoms with Gasteiger partial charge in [0.25, 0.3) is 0 Å². The lowest BCUT2D eigenvalue weighted by Crippen LogP contribution is -2.40. The Kier molecular flexibility index (Phi) is 15.9. The second-order valence-corrected chi connectivity index (χ2v) is 12.2. The van der Waals surface area contributed by atoms with E-state index in [0.29, 0.717) is 13.0 Å². The Morgan fingerprint density at radius 2 is 1.46 bits per heavy atom. The molecule has 1 N–H and O–H groups in total. The number of amides is 1. The topological polar surface area (TPSA) is 42.2 Å². The molecule has 218 valence electrons. The molecular weight excluding hydrogens is 480 g/mol. The van der Waals surface area contributed by atoms with E-state index in [9.17, 15) is 4.79 Å². The number of nitrogens with one attached hydrogen (secondary N) is 1. The molecule has 2 rings (SSSR count). The van der Waals surface area contributed by atoms with E-state index in [1.807, 2.05) is 18.2 Å². The van der Waals surface area contributed by atoms with Gasteiger partial charge in [-0.05, 0) is 29.0 Å². The Morgan fingerprint density at radius 3 is 2.08 bits per heavy atom. The van der Waals surface area contributed by atoms with E-state index in [2.05, 4.69) is 68.9 Å². The van der Waals surface area contributed by atoms with Crippen molar-refractivity contribution in [3.05, 3.63) is 59.4 Å². The fourth-order valence-electron chi connectivity index (χ4n) is 5.09. The molecular formula is C35H57N2O2+. The maximum absolute atomic E-state index is 12.8. The highest BCUT2D eigenvalue weighted by Gasteiger charge is 2.20. The largest absolute Gasteiger partial charge is 0.493 e. The van der Waals surface area contributed by atoms with Crippen LogP contribution in [0.1, 0.15) is 135 Å². The molecule has 0 atom stereocenters. The average molecular weight is 538 g/mol. The number of aromatic nitrogens is 1. The molecule has 1 aromatic carbocycles. The molecule has 0 spiro atoms. The molecule has 1 heterocycles. The number of unbranched alkanes of at least 4 members (excludes halogenated alkanes) is 11. The summed E-state index contributed by atoms with van der Waals surface area (Å²) in [7, 11) is 0. The average Bonchev–Trinajstić information content (AvgIpc) is 2.91. The summed E-state index contributed by atoms with van der Waals surface area (Å²) < 4.78 is 8.46. The molecule has 39 heavy (non-hydrogen) atoms. The fraction of sp³-hybridized carbons (Fsp3) is 0.657. The van der Waals surface area contributed by atoms with Gasteiger partial charge in [-0.15, -0.1) is 0 Å². The summed E-state index contributed by atoms with van der Waals surface area (Å²) in [5, 5.41) is 3.11. The van der Waals surface area contributed by atoms with Crippen molar-refractivity contribution in [1.29, 1.82) is 0 Å². The lowest BCUT2D eigenvalue weighted by Gasteiger charge is -2.24. The van der Waals surface area contributed by atoms with Crippen molar-refractivity contribution < 1.29 is 14.1 Å². The molecule has 2 aromatic rings. The van der Waals surface area contributed by atoms with Gasteiger partial charge in [0, 0.05) is 18.6 Å². The number of ether oxygens (including phenoxy) is 1. The van der Waals surface area contributed by atoms with Crippen molar-refractivity contribution in [3.8, 4) is 5.75 Å². The van der Waals surface area contributed by atoms with Crippen LogP contribution in [-0.2, 0) is 29.7 Å². The number of rotatable bonds is 20. The molecule has 0 saturated heterocycles. The molecule has 0 fully saturated rings. The van der Waals surface area contributed by atoms with Crippen LogP contribution in [0.5, 0.6) is 5.75 Å². The van der Waals surface area contributed by atoms with Crippen molar-refractivity contribution in [3.63, 3.8) is 0 Å². The zero-order valence-corrected chi connectivity index (χ0v) is 25.8. The van der Waals surface area contributed by atoms with E-state index in [1.165, 1.54) is 76.2 Å². The lowest BCUT2D eigenvalue weighted by atomic mass is 9.85. The Labute approximate surface area is 240 Å². The van der Waals surface area contributed by atoms with Crippen LogP contribution in [0.25, 0.3) is 0 Å². The van der Waals surface area contributed by atoms with Crippen molar-refractivity contribution in [2.45, 2.75) is 143 Å². The first-order valence-corrected chi connectivity index (χ1v) is 15.9. The SMILES string of the molecule is CCCCCCCCCCCCCCOc1ccc(CC(=O)NCc2cccc[n+]2CCC)cc1C(C)(C)C. The number of pyridine rings is 1. The second kappa shape index (κ2) is 18.8. The summed E-state index contributed by atoms with van der Waals surface area (Å²) in [6, 6.07) is 12.4. The maximum Gasteiger partial charge on any atom is 0.224 e. The fourth-order valence-corrected chi connectivity index (χ4v) is 5.09. The summed E-state index contributed by atoms with van der Waals surface area (Å²) in [6.07, 6.45) is 19.7. The molecule has 4 heteroatoms. The Bertz CT molecular complexity index is 948. The van der Waals surface area contributed by atoms with Crippen LogP contribution in [-0.4, -0.2) is 12.5 Å². The van der Waals surface area contributed by atoms with Gasteiger partial charge in [0.05, 0.1) is 13.0 Å². The van der Waals surface area contributed by atoms with Gasteiger partial charge in [0.15, 0.2) is 6.20 Å². The summed E-state index contributed by atoms with van der Waals surface area (Å²) in [4.78, 5) is 12.8. The minimum absolute atomic E-state index is 0.0475. The van der Waals surface area contributed by atoms with Crippen LogP contribution >= 0.6 is 0 Å². The first kappa shape index (κ1) is 32.8. The Hall–Kier alpha value is -2.36. The van der Waals surface area contributed by atoms with E-state index < -0.39 is 0 Å². The number of nitrogens with zero attached hydrogens (tertiary/aromatic N) is 1. The van der Waals surface area contributed by atoms with Gasteiger partial charge in [0.1, 0.15) is 18.8 Å². The molecule has 0 aliphatic heterocycles. The zero-order valence-electron chi connectivity index (χ0n) is 25.8. The van der Waals surface area contributed by atoms with Crippen LogP contribution in [0, 0.1) is 0 Å². The summed E-state index contributed by atoms with van der Waals surface area (Å²) in [6.45, 7) is 13.4. The monoisotopic (exact) mass is 537 g/mol. The first-order chi connectivity index (χ1) is 18.8. The van der Waals surface area contributed by atoms with Gasteiger partial charge >= 0.3 is 0 Å². The van der Waals surface area contributed by atoms with Gasteiger partial charge in [0.2, 0.25) is 11.6 Å². The molecule has 0 bridgehead atoms. The summed E-state index contributed by atoms with van der Waals surface area (Å²) >= 11 is 0. The molecule has 0 aliphatic rings. The molecule has 0 unspecified atom stereocenters. The van der Waals surface area contributed by atoms with Crippen molar-refractivity contribution in [2.24, 2.45) is 0 Å². The normalized spacial score (nSPS) is 11.5. The van der Waals surface area contributed by atoms with Gasteiger partial charge in [-0.3, -0.25) is 4.79 Å². The molecule has 0 saturated carbocycles. The number of hydrogen-bond donors (Lipinski definition) is 1. The minimum Gasteiger partial charge on any atom is -0.493 e. The number of benzene rings is 1. The highest BCUT2D eigenvalue weighted by molar-refractivity contribution is 5.78. The minimum atomic E-state index is -0.0475. The molecule has 1 aromatic heterocycles. The Balaban J connectivity index is 1.74. The second-order valence-electron chi connectivity index (χ2n) is 12.2.